The van der Waals surface area contributed by atoms with Gasteiger partial charge in [-0.15, -0.1) is 0 Å². The molecule has 0 fully saturated rings. The Morgan fingerprint density at radius 2 is 2.09 bits per heavy atom. The minimum Gasteiger partial charge on any atom is -0.246 e. The lowest BCUT2D eigenvalue weighted by Gasteiger charge is -2.15. The molecule has 1 aliphatic rings. The van der Waals surface area contributed by atoms with Crippen molar-refractivity contribution in [1.82, 2.24) is 0 Å². The van der Waals surface area contributed by atoms with E-state index in [1.54, 1.807) is 0 Å². The third-order valence-electron chi connectivity index (χ3n) is 1.90. The molecule has 1 amide bonds. The van der Waals surface area contributed by atoms with Gasteiger partial charge in [-0.05, 0) is 26.1 Å². The second-order valence-corrected chi connectivity index (χ2v) is 8.83. The van der Waals surface area contributed by atoms with Gasteiger partial charge in [-0.2, -0.15) is 0 Å². The molecule has 0 atom stereocenters. The first-order chi connectivity index (χ1) is 5.02. The highest BCUT2D eigenvalue weighted by Crippen LogP contribution is 2.10. The molecular weight excluding hydrogens is 154 g/mol. The lowest BCUT2D eigenvalue weighted by atomic mass is 10.2. The molecule has 1 rings (SSSR count). The van der Waals surface area contributed by atoms with Gasteiger partial charge in [0.1, 0.15) is 6.21 Å². The maximum atomic E-state index is 11.4. The van der Waals surface area contributed by atoms with Crippen molar-refractivity contribution in [3.63, 3.8) is 0 Å². The molecule has 0 radical (unpaired) electrons. The molecule has 0 spiro atoms. The first kappa shape index (κ1) is 8.65. The van der Waals surface area contributed by atoms with Crippen molar-refractivity contribution in [2.45, 2.75) is 38.9 Å². The molecule has 1 aliphatic heterocycles. The molecule has 0 saturated carbocycles. The van der Waals surface area contributed by atoms with E-state index in [2.05, 4.69) is 25.9 Å². The first-order valence-electron chi connectivity index (χ1n) is 4.17. The molecule has 0 aromatic rings. The van der Waals surface area contributed by atoms with Crippen molar-refractivity contribution in [2.24, 2.45) is 0 Å². The average molecular weight is 170 g/mol. The zero-order valence-electron chi connectivity index (χ0n) is 7.55. The quantitative estimate of drug-likeness (QED) is 0.547. The maximum absolute atomic E-state index is 11.4. The molecular formula is C8H16NOSi+. The predicted octanol–water partition coefficient (Wildman–Crippen LogP) is 1.62. The van der Waals surface area contributed by atoms with Crippen LogP contribution in [0.2, 0.25) is 19.6 Å². The number of hydrogen-bond donors (Lipinski definition) is 0. The normalized spacial score (nSPS) is 19.9. The van der Waals surface area contributed by atoms with E-state index in [1.807, 2.05) is 4.24 Å². The van der Waals surface area contributed by atoms with E-state index in [9.17, 15) is 4.79 Å². The zero-order chi connectivity index (χ0) is 8.48. The summed E-state index contributed by atoms with van der Waals surface area (Å²) >= 11 is 0. The molecule has 0 aromatic carbocycles. The van der Waals surface area contributed by atoms with E-state index in [1.165, 1.54) is 0 Å². The second-order valence-electron chi connectivity index (χ2n) is 4.01. The average Bonchev–Trinajstić information content (AvgIpc) is 1.86. The molecule has 0 bridgehead atoms. The van der Waals surface area contributed by atoms with Crippen LogP contribution in [0.3, 0.4) is 0 Å². The van der Waals surface area contributed by atoms with E-state index in [0.29, 0.717) is 5.91 Å². The van der Waals surface area contributed by atoms with Crippen LogP contribution in [0, 0.1) is 0 Å². The summed E-state index contributed by atoms with van der Waals surface area (Å²) < 4.78 is 2.00. The molecule has 0 saturated heterocycles. The largest absolute Gasteiger partial charge is 0.365 e. The van der Waals surface area contributed by atoms with Gasteiger partial charge >= 0.3 is 14.1 Å². The Kier molecular flexibility index (Phi) is 2.27. The summed E-state index contributed by atoms with van der Waals surface area (Å²) in [5, 5.41) is 0. The smallest absolute Gasteiger partial charge is 0.246 e. The lowest BCUT2D eigenvalue weighted by Crippen LogP contribution is -2.44. The molecule has 11 heavy (non-hydrogen) atoms. The van der Waals surface area contributed by atoms with Crippen LogP contribution in [0.4, 0.5) is 0 Å². The van der Waals surface area contributed by atoms with Crippen LogP contribution in [0.1, 0.15) is 19.3 Å². The van der Waals surface area contributed by atoms with E-state index in [-0.39, 0.29) is 0 Å². The van der Waals surface area contributed by atoms with Gasteiger partial charge in [0.15, 0.2) is 0 Å². The summed E-state index contributed by atoms with van der Waals surface area (Å²) in [7, 11) is -1.39. The number of carbonyl (C=O) groups is 1. The van der Waals surface area contributed by atoms with E-state index in [0.717, 1.165) is 19.3 Å². The third kappa shape index (κ3) is 1.99. The summed E-state index contributed by atoms with van der Waals surface area (Å²) in [6, 6.07) is 0. The van der Waals surface area contributed by atoms with Crippen LogP contribution >= 0.6 is 0 Å². The maximum Gasteiger partial charge on any atom is 0.365 e. The minimum absolute atomic E-state index is 0.329. The van der Waals surface area contributed by atoms with Gasteiger partial charge in [0.05, 0.1) is 6.42 Å². The zero-order valence-corrected chi connectivity index (χ0v) is 8.55. The van der Waals surface area contributed by atoms with Crippen molar-refractivity contribution >= 4 is 20.4 Å². The van der Waals surface area contributed by atoms with Crippen molar-refractivity contribution in [3.05, 3.63) is 0 Å². The number of carbonyl (C=O) groups excluding carboxylic acids is 1. The molecule has 1 heterocycles. The number of nitrogens with zero attached hydrogens (tertiary/aromatic N) is 1. The van der Waals surface area contributed by atoms with E-state index < -0.39 is 8.24 Å². The van der Waals surface area contributed by atoms with Crippen molar-refractivity contribution in [1.29, 1.82) is 0 Å². The predicted molar refractivity (Wildman–Crippen MR) is 48.5 cm³/mol. The lowest BCUT2D eigenvalue weighted by molar-refractivity contribution is -0.332. The molecule has 62 valence electrons. The Morgan fingerprint density at radius 3 is 2.45 bits per heavy atom. The van der Waals surface area contributed by atoms with Crippen LogP contribution in [0.5, 0.6) is 0 Å². The summed E-state index contributed by atoms with van der Waals surface area (Å²) in [5.74, 6) is 0.329. The molecule has 0 N–H and O–H groups in total. The fourth-order valence-electron chi connectivity index (χ4n) is 1.34. The summed E-state index contributed by atoms with van der Waals surface area (Å²) in [4.78, 5) is 11.4. The minimum atomic E-state index is -1.39. The van der Waals surface area contributed by atoms with Crippen molar-refractivity contribution < 1.29 is 9.04 Å². The summed E-state index contributed by atoms with van der Waals surface area (Å²) in [5.41, 5.74) is 0. The second kappa shape index (κ2) is 2.89. The molecule has 0 aromatic heterocycles. The highest BCUT2D eigenvalue weighted by atomic mass is 28.3. The standard InChI is InChI=1S/C8H16NOSi/c1-11(2,3)9-7-5-4-6-8(9)10/h7H,4-6H2,1-3H3/q+1. The van der Waals surface area contributed by atoms with Crippen molar-refractivity contribution in [3.8, 4) is 0 Å². The topological polar surface area (TPSA) is 20.1 Å². The Labute approximate surface area is 69.0 Å². The Bertz CT molecular complexity index is 203. The van der Waals surface area contributed by atoms with E-state index in [4.69, 9.17) is 0 Å². The van der Waals surface area contributed by atoms with Crippen LogP contribution in [-0.4, -0.2) is 24.6 Å². The van der Waals surface area contributed by atoms with Gasteiger partial charge in [0.25, 0.3) is 0 Å². The fourth-order valence-corrected chi connectivity index (χ4v) is 2.88. The van der Waals surface area contributed by atoms with Crippen molar-refractivity contribution in [2.75, 3.05) is 0 Å². The van der Waals surface area contributed by atoms with Crippen LogP contribution in [0.15, 0.2) is 0 Å². The first-order valence-corrected chi connectivity index (χ1v) is 7.62. The van der Waals surface area contributed by atoms with Gasteiger partial charge < -0.3 is 0 Å². The van der Waals surface area contributed by atoms with Gasteiger partial charge in [-0.1, -0.05) is 0 Å². The summed E-state index contributed by atoms with van der Waals surface area (Å²) in [6.45, 7) is 6.60. The fraction of sp³-hybridized carbons (Fsp3) is 0.750. The number of hydrogen-bond acceptors (Lipinski definition) is 1. The van der Waals surface area contributed by atoms with Crippen LogP contribution < -0.4 is 0 Å². The SMILES string of the molecule is C[Si](C)(C)[N+]1=CCCCC1=O. The molecule has 0 aliphatic carbocycles. The third-order valence-corrected chi connectivity index (χ3v) is 3.78. The van der Waals surface area contributed by atoms with Gasteiger partial charge in [0, 0.05) is 6.42 Å². The molecule has 2 nitrogen and oxygen atoms in total. The van der Waals surface area contributed by atoms with Gasteiger partial charge in [-0.3, -0.25) is 0 Å². The van der Waals surface area contributed by atoms with Crippen LogP contribution in [-0.2, 0) is 4.79 Å². The highest BCUT2D eigenvalue weighted by Gasteiger charge is 2.36. The Hall–Kier alpha value is -0.443. The highest BCUT2D eigenvalue weighted by molar-refractivity contribution is 6.69. The Morgan fingerprint density at radius 1 is 1.45 bits per heavy atom. The van der Waals surface area contributed by atoms with E-state index >= 15 is 0 Å². The molecule has 0 unspecified atom stereocenters. The molecule has 3 heteroatoms. The Balaban J connectivity index is 2.85. The van der Waals surface area contributed by atoms with Gasteiger partial charge in [0.2, 0.25) is 0 Å². The van der Waals surface area contributed by atoms with Crippen LogP contribution in [0.25, 0.3) is 0 Å². The summed E-state index contributed by atoms with van der Waals surface area (Å²) in [6.07, 6.45) is 4.95. The number of rotatable bonds is 1. The van der Waals surface area contributed by atoms with Gasteiger partial charge in [-0.25, -0.2) is 9.04 Å². The number of amides is 1. The monoisotopic (exact) mass is 170 g/mol.